The molecule has 54 heavy (non-hydrogen) atoms. The number of hydrogen-bond donors (Lipinski definition) is 2. The Morgan fingerprint density at radius 2 is 1.00 bits per heavy atom. The molecule has 0 fully saturated rings. The first-order valence-electron chi connectivity index (χ1n) is 18.4. The number of aliphatic imine (C=N–C) groups is 1. The van der Waals surface area contributed by atoms with Gasteiger partial charge in [0.1, 0.15) is 0 Å². The summed E-state index contributed by atoms with van der Waals surface area (Å²) in [6, 6.07) is 68.1. The number of fused-ring (bicyclic) bond motifs is 10. The molecule has 8 aromatic carbocycles. The fraction of sp³-hybridized carbons (Fsp3) is 0.0200. The van der Waals surface area contributed by atoms with E-state index in [4.69, 9.17) is 4.99 Å². The Kier molecular flexibility index (Phi) is 7.01. The smallest absolute Gasteiger partial charge is 0.152 e. The lowest BCUT2D eigenvalue weighted by molar-refractivity contribution is 0.721. The Morgan fingerprint density at radius 3 is 1.80 bits per heavy atom. The summed E-state index contributed by atoms with van der Waals surface area (Å²) in [7, 11) is 0. The van der Waals surface area contributed by atoms with Crippen LogP contribution in [0.5, 0.6) is 0 Å². The van der Waals surface area contributed by atoms with Gasteiger partial charge in [0, 0.05) is 26.5 Å². The second-order valence-electron chi connectivity index (χ2n) is 14.0. The summed E-state index contributed by atoms with van der Waals surface area (Å²) >= 11 is 1.86. The average molecular weight is 708 g/mol. The van der Waals surface area contributed by atoms with Crippen LogP contribution in [0.1, 0.15) is 38.9 Å². The van der Waals surface area contributed by atoms with Crippen LogP contribution < -0.4 is 10.9 Å². The minimum atomic E-state index is -0.470. The minimum absolute atomic E-state index is 0.470. The van der Waals surface area contributed by atoms with Crippen LogP contribution in [0.25, 0.3) is 44.4 Å². The van der Waals surface area contributed by atoms with Crippen molar-refractivity contribution in [3.8, 4) is 22.3 Å². The van der Waals surface area contributed by atoms with Gasteiger partial charge in [-0.3, -0.25) is 10.9 Å². The van der Waals surface area contributed by atoms with Crippen LogP contribution in [0, 0.1) is 0 Å². The standard InChI is InChI=1S/C50H33N3S/c1-2-16-33(17-3-1)49-51-48(40-23-7-6-20-37(40)36-24-14-18-32-15-4-5-19-35(32)36)47(52-53-49)34-29-30-46-44(31-34)50(43-27-12-13-28-45(43)54-46)41-25-10-8-21-38(41)39-22-9-11-26-42(39)50/h1-31,52H,(H,51,53). The van der Waals surface area contributed by atoms with Gasteiger partial charge in [-0.15, -0.1) is 0 Å². The molecule has 4 heteroatoms. The van der Waals surface area contributed by atoms with Gasteiger partial charge in [0.25, 0.3) is 0 Å². The van der Waals surface area contributed by atoms with Crippen LogP contribution in [0.15, 0.2) is 203 Å². The molecule has 2 heterocycles. The molecule has 0 bridgehead atoms. The molecule has 2 N–H and O–H groups in total. The molecule has 8 aromatic rings. The Bertz CT molecular complexity index is 2820. The van der Waals surface area contributed by atoms with E-state index in [-0.39, 0.29) is 0 Å². The van der Waals surface area contributed by atoms with Gasteiger partial charge in [-0.2, -0.15) is 0 Å². The van der Waals surface area contributed by atoms with Gasteiger partial charge in [0.2, 0.25) is 0 Å². The summed E-state index contributed by atoms with van der Waals surface area (Å²) in [6.07, 6.45) is 0. The molecule has 0 atom stereocenters. The van der Waals surface area contributed by atoms with Gasteiger partial charge in [-0.1, -0.05) is 182 Å². The van der Waals surface area contributed by atoms with Gasteiger partial charge >= 0.3 is 0 Å². The number of hydrogen-bond acceptors (Lipinski definition) is 4. The van der Waals surface area contributed by atoms with Crippen molar-refractivity contribution < 1.29 is 0 Å². The summed E-state index contributed by atoms with van der Waals surface area (Å²) in [5.74, 6) is 0.777. The van der Waals surface area contributed by atoms with Gasteiger partial charge in [-0.05, 0) is 73.5 Å². The summed E-state index contributed by atoms with van der Waals surface area (Å²) < 4.78 is 0. The molecule has 11 rings (SSSR count). The lowest BCUT2D eigenvalue weighted by Crippen LogP contribution is -2.40. The molecule has 3 nitrogen and oxygen atoms in total. The highest BCUT2D eigenvalue weighted by Gasteiger charge is 2.50. The Balaban J connectivity index is 1.19. The van der Waals surface area contributed by atoms with Crippen LogP contribution >= 0.6 is 11.8 Å². The number of rotatable bonds is 4. The van der Waals surface area contributed by atoms with Crippen LogP contribution in [0.3, 0.4) is 0 Å². The van der Waals surface area contributed by atoms with Crippen LogP contribution in [0.2, 0.25) is 0 Å². The van der Waals surface area contributed by atoms with Gasteiger partial charge in [-0.25, -0.2) is 4.99 Å². The highest BCUT2D eigenvalue weighted by molar-refractivity contribution is 7.99. The van der Waals surface area contributed by atoms with E-state index >= 15 is 0 Å². The zero-order valence-electron chi connectivity index (χ0n) is 29.3. The molecule has 0 unspecified atom stereocenters. The Labute approximate surface area is 318 Å². The first kappa shape index (κ1) is 31.0. The molecule has 0 saturated carbocycles. The highest BCUT2D eigenvalue weighted by Crippen LogP contribution is 2.62. The van der Waals surface area contributed by atoms with Crippen molar-refractivity contribution in [3.05, 3.63) is 227 Å². The first-order chi connectivity index (χ1) is 26.8. The molecular formula is C50H33N3S. The van der Waals surface area contributed by atoms with Gasteiger partial charge in [0.05, 0.1) is 16.8 Å². The molecule has 1 aliphatic carbocycles. The maximum absolute atomic E-state index is 5.47. The highest BCUT2D eigenvalue weighted by atomic mass is 32.2. The third kappa shape index (κ3) is 4.54. The SMILES string of the molecule is c1ccc(C2=NC(c3ccccc3-c3cccc4ccccc34)=C(c3ccc4c(c3)C3(c5ccccc5S4)c4ccccc4-c4ccccc43)NN2)cc1. The van der Waals surface area contributed by atoms with E-state index < -0.39 is 5.41 Å². The summed E-state index contributed by atoms with van der Waals surface area (Å²) in [4.78, 5) is 8.03. The van der Waals surface area contributed by atoms with E-state index in [1.54, 1.807) is 0 Å². The van der Waals surface area contributed by atoms with Crippen molar-refractivity contribution in [1.29, 1.82) is 0 Å². The third-order valence-electron chi connectivity index (χ3n) is 11.2. The Morgan fingerprint density at radius 1 is 0.407 bits per heavy atom. The van der Waals surface area contributed by atoms with E-state index in [9.17, 15) is 0 Å². The van der Waals surface area contributed by atoms with E-state index in [0.717, 1.165) is 39.5 Å². The summed E-state index contributed by atoms with van der Waals surface area (Å²) in [6.45, 7) is 0. The number of amidine groups is 1. The molecule has 0 amide bonds. The van der Waals surface area contributed by atoms with Crippen LogP contribution in [-0.2, 0) is 5.41 Å². The first-order valence-corrected chi connectivity index (χ1v) is 19.2. The third-order valence-corrected chi connectivity index (χ3v) is 12.4. The number of nitrogens with one attached hydrogen (secondary N) is 2. The zero-order valence-corrected chi connectivity index (χ0v) is 30.1. The summed E-state index contributed by atoms with van der Waals surface area (Å²) in [5, 5.41) is 2.43. The van der Waals surface area contributed by atoms with Crippen LogP contribution in [0.4, 0.5) is 0 Å². The van der Waals surface area contributed by atoms with Gasteiger partial charge < -0.3 is 0 Å². The van der Waals surface area contributed by atoms with Crippen molar-refractivity contribution in [3.63, 3.8) is 0 Å². The topological polar surface area (TPSA) is 36.4 Å². The lowest BCUT2D eigenvalue weighted by Gasteiger charge is -2.40. The van der Waals surface area contributed by atoms with Crippen molar-refractivity contribution in [2.75, 3.05) is 0 Å². The molecule has 0 radical (unpaired) electrons. The predicted octanol–water partition coefficient (Wildman–Crippen LogP) is 11.7. The summed E-state index contributed by atoms with van der Waals surface area (Å²) in [5.41, 5.74) is 21.9. The minimum Gasteiger partial charge on any atom is -0.297 e. The van der Waals surface area contributed by atoms with E-state index in [2.05, 4.69) is 193 Å². The van der Waals surface area contributed by atoms with E-state index in [1.807, 2.05) is 17.8 Å². The molecule has 0 aromatic heterocycles. The quantitative estimate of drug-likeness (QED) is 0.191. The maximum atomic E-state index is 5.47. The normalized spacial score (nSPS) is 14.7. The van der Waals surface area contributed by atoms with Crippen molar-refractivity contribution >= 4 is 39.8 Å². The van der Waals surface area contributed by atoms with Crippen LogP contribution in [-0.4, -0.2) is 5.84 Å². The maximum Gasteiger partial charge on any atom is 0.152 e. The molecule has 1 spiro atoms. The molecule has 254 valence electrons. The average Bonchev–Trinajstić information content (AvgIpc) is 3.54. The second kappa shape index (κ2) is 12.2. The molecule has 0 saturated heterocycles. The lowest BCUT2D eigenvalue weighted by atomic mass is 9.67. The predicted molar refractivity (Wildman–Crippen MR) is 223 cm³/mol. The number of nitrogens with zero attached hydrogens (tertiary/aromatic N) is 1. The second-order valence-corrected chi connectivity index (χ2v) is 15.1. The van der Waals surface area contributed by atoms with Crippen molar-refractivity contribution in [2.45, 2.75) is 15.2 Å². The monoisotopic (exact) mass is 707 g/mol. The molecule has 3 aliphatic rings. The Hall–Kier alpha value is -6.62. The van der Waals surface area contributed by atoms with Crippen molar-refractivity contribution in [2.24, 2.45) is 4.99 Å². The fourth-order valence-electron chi connectivity index (χ4n) is 8.91. The zero-order chi connectivity index (χ0) is 35.6. The number of hydrazine groups is 1. The van der Waals surface area contributed by atoms with Gasteiger partial charge in [0.15, 0.2) is 5.84 Å². The fourth-order valence-corrected chi connectivity index (χ4v) is 10.1. The van der Waals surface area contributed by atoms with E-state index in [0.29, 0.717) is 0 Å². The largest absolute Gasteiger partial charge is 0.297 e. The molecular weight excluding hydrogens is 675 g/mol. The van der Waals surface area contributed by atoms with E-state index in [1.165, 1.54) is 59.5 Å². The number of benzene rings is 8. The van der Waals surface area contributed by atoms with Crippen molar-refractivity contribution in [1.82, 2.24) is 10.9 Å². The molecule has 2 aliphatic heterocycles.